The highest BCUT2D eigenvalue weighted by Crippen LogP contribution is 2.38. The molecule has 4 heteroatoms. The van der Waals surface area contributed by atoms with Gasteiger partial charge >= 0.3 is 0 Å². The molecule has 0 unspecified atom stereocenters. The SMILES string of the molecule is O=C(c1ccccc1)c1sc2cc(OCc3ccccc3)ccc2c1Cl. The van der Waals surface area contributed by atoms with Crippen LogP contribution in [0, 0.1) is 0 Å². The van der Waals surface area contributed by atoms with Crippen LogP contribution in [0.2, 0.25) is 5.02 Å². The first-order valence-electron chi connectivity index (χ1n) is 8.21. The van der Waals surface area contributed by atoms with E-state index in [2.05, 4.69) is 0 Å². The third kappa shape index (κ3) is 3.36. The molecule has 0 aliphatic carbocycles. The zero-order valence-corrected chi connectivity index (χ0v) is 15.4. The summed E-state index contributed by atoms with van der Waals surface area (Å²) in [5, 5.41) is 1.39. The number of benzene rings is 3. The molecule has 0 saturated carbocycles. The second-order valence-corrected chi connectivity index (χ2v) is 7.30. The molecule has 0 fully saturated rings. The zero-order chi connectivity index (χ0) is 17.9. The van der Waals surface area contributed by atoms with Crippen LogP contribution in [0.4, 0.5) is 0 Å². The lowest BCUT2D eigenvalue weighted by atomic mass is 10.1. The van der Waals surface area contributed by atoms with Crippen LogP contribution in [-0.2, 0) is 6.61 Å². The lowest BCUT2D eigenvalue weighted by Gasteiger charge is -2.06. The number of halogens is 1. The van der Waals surface area contributed by atoms with Crippen LogP contribution >= 0.6 is 22.9 Å². The van der Waals surface area contributed by atoms with Crippen LogP contribution < -0.4 is 4.74 Å². The normalized spacial score (nSPS) is 10.8. The average molecular weight is 379 g/mol. The highest BCUT2D eigenvalue weighted by atomic mass is 35.5. The maximum absolute atomic E-state index is 12.7. The fraction of sp³-hybridized carbons (Fsp3) is 0.0455. The number of ketones is 1. The molecule has 0 bridgehead atoms. The molecule has 26 heavy (non-hydrogen) atoms. The molecule has 2 nitrogen and oxygen atoms in total. The summed E-state index contributed by atoms with van der Waals surface area (Å²) < 4.78 is 6.82. The number of fused-ring (bicyclic) bond motifs is 1. The summed E-state index contributed by atoms with van der Waals surface area (Å²) >= 11 is 7.88. The molecule has 3 aromatic carbocycles. The molecule has 4 rings (SSSR count). The summed E-state index contributed by atoms with van der Waals surface area (Å²) in [5.41, 5.74) is 1.75. The number of rotatable bonds is 5. The Labute approximate surface area is 160 Å². The molecule has 0 aliphatic heterocycles. The van der Waals surface area contributed by atoms with Gasteiger partial charge in [-0.3, -0.25) is 4.79 Å². The van der Waals surface area contributed by atoms with E-state index >= 15 is 0 Å². The fourth-order valence-electron chi connectivity index (χ4n) is 2.74. The van der Waals surface area contributed by atoms with Gasteiger partial charge in [0.15, 0.2) is 0 Å². The number of ether oxygens (including phenoxy) is 1. The quantitative estimate of drug-likeness (QED) is 0.377. The van der Waals surface area contributed by atoms with Gasteiger partial charge in [-0.05, 0) is 23.8 Å². The zero-order valence-electron chi connectivity index (χ0n) is 13.8. The predicted octanol–water partition coefficient (Wildman–Crippen LogP) is 6.36. The Kier molecular flexibility index (Phi) is 4.74. The molecule has 0 aliphatic rings. The van der Waals surface area contributed by atoms with E-state index < -0.39 is 0 Å². The first-order valence-corrected chi connectivity index (χ1v) is 9.40. The Balaban J connectivity index is 1.62. The van der Waals surface area contributed by atoms with Crippen molar-refractivity contribution in [1.29, 1.82) is 0 Å². The molecule has 128 valence electrons. The number of carbonyl (C=O) groups is 1. The van der Waals surface area contributed by atoms with E-state index in [1.165, 1.54) is 11.3 Å². The topological polar surface area (TPSA) is 26.3 Å². The van der Waals surface area contributed by atoms with E-state index in [-0.39, 0.29) is 5.78 Å². The maximum atomic E-state index is 12.7. The molecule has 0 N–H and O–H groups in total. The number of hydrogen-bond donors (Lipinski definition) is 0. The van der Waals surface area contributed by atoms with Gasteiger partial charge in [0.05, 0.1) is 9.90 Å². The van der Waals surface area contributed by atoms with Gasteiger partial charge < -0.3 is 4.74 Å². The minimum absolute atomic E-state index is 0.0523. The van der Waals surface area contributed by atoms with Crippen molar-refractivity contribution < 1.29 is 9.53 Å². The second-order valence-electron chi connectivity index (χ2n) is 5.87. The Bertz CT molecular complexity index is 1060. The number of carbonyl (C=O) groups excluding carboxylic acids is 1. The summed E-state index contributed by atoms with van der Waals surface area (Å²) in [6.07, 6.45) is 0. The minimum atomic E-state index is -0.0523. The van der Waals surface area contributed by atoms with E-state index in [9.17, 15) is 4.79 Å². The summed E-state index contributed by atoms with van der Waals surface area (Å²) in [6.45, 7) is 0.501. The number of hydrogen-bond acceptors (Lipinski definition) is 3. The molecule has 0 radical (unpaired) electrons. The Morgan fingerprint density at radius 2 is 1.62 bits per heavy atom. The van der Waals surface area contributed by atoms with Gasteiger partial charge in [-0.25, -0.2) is 0 Å². The van der Waals surface area contributed by atoms with Crippen molar-refractivity contribution in [2.45, 2.75) is 6.61 Å². The Morgan fingerprint density at radius 1 is 0.923 bits per heavy atom. The average Bonchev–Trinajstić information content (AvgIpc) is 3.03. The van der Waals surface area contributed by atoms with Gasteiger partial charge in [-0.1, -0.05) is 72.3 Å². The molecule has 0 saturated heterocycles. The Hall–Kier alpha value is -2.62. The van der Waals surface area contributed by atoms with Crippen LogP contribution in [0.25, 0.3) is 10.1 Å². The fourth-order valence-corrected chi connectivity index (χ4v) is 4.25. The predicted molar refractivity (Wildman–Crippen MR) is 107 cm³/mol. The molecule has 1 aromatic heterocycles. The van der Waals surface area contributed by atoms with Crippen LogP contribution in [0.15, 0.2) is 78.9 Å². The lowest BCUT2D eigenvalue weighted by molar-refractivity contribution is 0.104. The second kappa shape index (κ2) is 7.32. The molecule has 1 heterocycles. The first kappa shape index (κ1) is 16.8. The summed E-state index contributed by atoms with van der Waals surface area (Å²) in [4.78, 5) is 13.3. The summed E-state index contributed by atoms with van der Waals surface area (Å²) in [6, 6.07) is 24.9. The summed E-state index contributed by atoms with van der Waals surface area (Å²) in [5.74, 6) is 0.710. The Morgan fingerprint density at radius 3 is 2.35 bits per heavy atom. The van der Waals surface area contributed by atoms with E-state index in [4.69, 9.17) is 16.3 Å². The van der Waals surface area contributed by atoms with Gasteiger partial charge in [0.25, 0.3) is 0 Å². The van der Waals surface area contributed by atoms with Gasteiger partial charge in [-0.15, -0.1) is 11.3 Å². The third-order valence-electron chi connectivity index (χ3n) is 4.09. The smallest absolute Gasteiger partial charge is 0.204 e. The molecular weight excluding hydrogens is 364 g/mol. The van der Waals surface area contributed by atoms with Crippen molar-refractivity contribution in [2.75, 3.05) is 0 Å². The van der Waals surface area contributed by atoms with Crippen molar-refractivity contribution >= 4 is 38.8 Å². The largest absolute Gasteiger partial charge is 0.489 e. The highest BCUT2D eigenvalue weighted by molar-refractivity contribution is 7.21. The monoisotopic (exact) mass is 378 g/mol. The molecule has 0 spiro atoms. The van der Waals surface area contributed by atoms with E-state index in [1.807, 2.05) is 66.7 Å². The van der Waals surface area contributed by atoms with Gasteiger partial charge in [0.2, 0.25) is 5.78 Å². The molecule has 4 aromatic rings. The minimum Gasteiger partial charge on any atom is -0.489 e. The highest BCUT2D eigenvalue weighted by Gasteiger charge is 2.18. The standard InChI is InChI=1S/C22H15ClO2S/c23-20-18-12-11-17(25-14-15-7-3-1-4-8-15)13-19(18)26-22(20)21(24)16-9-5-2-6-10-16/h1-13H,14H2. The molecule has 0 atom stereocenters. The van der Waals surface area contributed by atoms with Crippen molar-refractivity contribution in [3.05, 3.63) is 99.9 Å². The third-order valence-corrected chi connectivity index (χ3v) is 5.75. The van der Waals surface area contributed by atoms with Gasteiger partial charge in [0.1, 0.15) is 12.4 Å². The van der Waals surface area contributed by atoms with Crippen molar-refractivity contribution in [1.82, 2.24) is 0 Å². The van der Waals surface area contributed by atoms with Crippen molar-refractivity contribution in [3.63, 3.8) is 0 Å². The molecule has 0 amide bonds. The molecular formula is C22H15ClO2S. The van der Waals surface area contributed by atoms with Crippen LogP contribution in [0.1, 0.15) is 20.8 Å². The number of thiophene rings is 1. The van der Waals surface area contributed by atoms with Crippen LogP contribution in [-0.4, -0.2) is 5.78 Å². The van der Waals surface area contributed by atoms with E-state index in [1.54, 1.807) is 12.1 Å². The van der Waals surface area contributed by atoms with E-state index in [0.29, 0.717) is 22.1 Å². The maximum Gasteiger partial charge on any atom is 0.204 e. The van der Waals surface area contributed by atoms with Crippen molar-refractivity contribution in [3.8, 4) is 5.75 Å². The first-order chi connectivity index (χ1) is 12.7. The van der Waals surface area contributed by atoms with Crippen LogP contribution in [0.5, 0.6) is 5.75 Å². The summed E-state index contributed by atoms with van der Waals surface area (Å²) in [7, 11) is 0. The van der Waals surface area contributed by atoms with Gasteiger partial charge in [0, 0.05) is 15.6 Å². The lowest BCUT2D eigenvalue weighted by Crippen LogP contribution is -1.98. The van der Waals surface area contributed by atoms with Crippen molar-refractivity contribution in [2.24, 2.45) is 0 Å². The van der Waals surface area contributed by atoms with Crippen LogP contribution in [0.3, 0.4) is 0 Å². The van der Waals surface area contributed by atoms with E-state index in [0.717, 1.165) is 21.4 Å². The van der Waals surface area contributed by atoms with Gasteiger partial charge in [-0.2, -0.15) is 0 Å².